The molecule has 4 aromatic rings. The SMILES string of the molecule is CCOC(=O)C1CCCN(C(=O)c2cccc(Nc3c(Oc4ccc5c(c4)CCC5)cnn(-c4ccc(Cl)c(Cl)c4)c3=O)c2)C1. The number of likely N-dealkylation sites (tertiary alicyclic amines) is 1. The monoisotopic (exact) mass is 646 g/mol. The Labute approximate surface area is 270 Å². The van der Waals surface area contributed by atoms with Crippen LogP contribution in [0.1, 0.15) is 47.7 Å². The quantitative estimate of drug-likeness (QED) is 0.206. The highest BCUT2D eigenvalue weighted by Gasteiger charge is 2.30. The number of halogens is 2. The molecule has 45 heavy (non-hydrogen) atoms. The van der Waals surface area contributed by atoms with E-state index in [2.05, 4.69) is 16.5 Å². The van der Waals surface area contributed by atoms with Crippen LogP contribution in [0.2, 0.25) is 10.0 Å². The maximum atomic E-state index is 14.0. The normalized spacial score (nSPS) is 15.8. The minimum Gasteiger partial charge on any atom is -0.466 e. The fourth-order valence-corrected chi connectivity index (χ4v) is 6.13. The lowest BCUT2D eigenvalue weighted by Crippen LogP contribution is -2.42. The molecule has 11 heteroatoms. The second-order valence-corrected chi connectivity index (χ2v) is 11.9. The number of fused-ring (bicyclic) bond motifs is 1. The first kappa shape index (κ1) is 30.7. The molecule has 232 valence electrons. The van der Waals surface area contributed by atoms with Gasteiger partial charge in [0.1, 0.15) is 5.75 Å². The van der Waals surface area contributed by atoms with Crippen LogP contribution in [-0.2, 0) is 22.4 Å². The summed E-state index contributed by atoms with van der Waals surface area (Å²) in [5.74, 6) is -0.0151. The van der Waals surface area contributed by atoms with Crippen molar-refractivity contribution < 1.29 is 19.1 Å². The Hall–Kier alpha value is -4.34. The third kappa shape index (κ3) is 6.70. The van der Waals surface area contributed by atoms with E-state index in [1.54, 1.807) is 54.3 Å². The number of hydrogen-bond acceptors (Lipinski definition) is 7. The molecule has 1 fully saturated rings. The number of rotatable bonds is 8. The van der Waals surface area contributed by atoms with Crippen LogP contribution in [0.5, 0.6) is 11.5 Å². The lowest BCUT2D eigenvalue weighted by Gasteiger charge is -2.31. The van der Waals surface area contributed by atoms with Gasteiger partial charge in [-0.05, 0) is 98.7 Å². The Morgan fingerprint density at radius 1 is 1.00 bits per heavy atom. The maximum Gasteiger partial charge on any atom is 0.310 e. The molecule has 0 saturated carbocycles. The van der Waals surface area contributed by atoms with Crippen molar-refractivity contribution in [1.82, 2.24) is 14.7 Å². The topological polar surface area (TPSA) is 103 Å². The molecule has 1 amide bonds. The minimum absolute atomic E-state index is 0.126. The summed E-state index contributed by atoms with van der Waals surface area (Å²) in [6.07, 6.45) is 5.99. The highest BCUT2D eigenvalue weighted by Crippen LogP contribution is 2.33. The molecule has 2 aliphatic rings. The number of aromatic nitrogens is 2. The molecule has 1 N–H and O–H groups in total. The van der Waals surface area contributed by atoms with Gasteiger partial charge >= 0.3 is 5.97 Å². The van der Waals surface area contributed by atoms with Gasteiger partial charge in [-0.2, -0.15) is 9.78 Å². The summed E-state index contributed by atoms with van der Waals surface area (Å²) in [6, 6.07) is 17.6. The van der Waals surface area contributed by atoms with Crippen LogP contribution in [0.3, 0.4) is 0 Å². The number of carbonyl (C=O) groups is 2. The third-order valence-corrected chi connectivity index (χ3v) is 8.84. The van der Waals surface area contributed by atoms with Crippen LogP contribution in [0.4, 0.5) is 11.4 Å². The molecule has 2 heterocycles. The van der Waals surface area contributed by atoms with E-state index < -0.39 is 5.56 Å². The first-order valence-corrected chi connectivity index (χ1v) is 15.8. The molecule has 1 unspecified atom stereocenters. The number of amides is 1. The van der Waals surface area contributed by atoms with Gasteiger partial charge in [0.15, 0.2) is 11.4 Å². The van der Waals surface area contributed by atoms with Gasteiger partial charge in [-0.25, -0.2) is 0 Å². The number of piperidine rings is 1. The van der Waals surface area contributed by atoms with Crippen molar-refractivity contribution in [2.24, 2.45) is 5.92 Å². The summed E-state index contributed by atoms with van der Waals surface area (Å²) in [7, 11) is 0. The van der Waals surface area contributed by atoms with Crippen LogP contribution in [0.25, 0.3) is 5.69 Å². The Bertz CT molecular complexity index is 1830. The van der Waals surface area contributed by atoms with E-state index in [1.807, 2.05) is 12.1 Å². The molecule has 1 aliphatic carbocycles. The molecule has 0 radical (unpaired) electrons. The van der Waals surface area contributed by atoms with E-state index in [1.165, 1.54) is 22.0 Å². The highest BCUT2D eigenvalue weighted by molar-refractivity contribution is 6.42. The predicted octanol–water partition coefficient (Wildman–Crippen LogP) is 6.98. The summed E-state index contributed by atoms with van der Waals surface area (Å²) < 4.78 is 12.6. The zero-order chi connectivity index (χ0) is 31.5. The van der Waals surface area contributed by atoms with Crippen LogP contribution >= 0.6 is 23.2 Å². The number of nitrogens with one attached hydrogen (secondary N) is 1. The van der Waals surface area contributed by atoms with Crippen molar-refractivity contribution in [3.05, 3.63) is 104 Å². The molecule has 9 nitrogen and oxygen atoms in total. The number of hydrogen-bond donors (Lipinski definition) is 1. The fourth-order valence-electron chi connectivity index (χ4n) is 5.84. The Morgan fingerprint density at radius 3 is 2.67 bits per heavy atom. The van der Waals surface area contributed by atoms with Gasteiger partial charge in [0.05, 0.1) is 34.5 Å². The third-order valence-electron chi connectivity index (χ3n) is 8.10. The summed E-state index contributed by atoms with van der Waals surface area (Å²) in [5, 5.41) is 8.20. The van der Waals surface area contributed by atoms with Crippen LogP contribution in [0.15, 0.2) is 71.7 Å². The van der Waals surface area contributed by atoms with Gasteiger partial charge in [0, 0.05) is 24.3 Å². The van der Waals surface area contributed by atoms with E-state index >= 15 is 0 Å². The van der Waals surface area contributed by atoms with E-state index in [-0.39, 0.29) is 34.3 Å². The number of carbonyl (C=O) groups excluding carboxylic acids is 2. The van der Waals surface area contributed by atoms with Crippen LogP contribution < -0.4 is 15.6 Å². The molecular formula is C34H32Cl2N4O5. The molecule has 6 rings (SSSR count). The van der Waals surface area contributed by atoms with Crippen molar-refractivity contribution in [3.63, 3.8) is 0 Å². The van der Waals surface area contributed by atoms with E-state index in [4.69, 9.17) is 32.7 Å². The Kier molecular flexibility index (Phi) is 9.09. The second-order valence-electron chi connectivity index (χ2n) is 11.1. The fraction of sp³-hybridized carbons (Fsp3) is 0.294. The number of ether oxygens (including phenoxy) is 2. The van der Waals surface area contributed by atoms with Crippen molar-refractivity contribution in [1.29, 1.82) is 0 Å². The smallest absolute Gasteiger partial charge is 0.310 e. The van der Waals surface area contributed by atoms with Crippen molar-refractivity contribution >= 4 is 46.5 Å². The van der Waals surface area contributed by atoms with E-state index in [9.17, 15) is 14.4 Å². The number of anilines is 2. The predicted molar refractivity (Wildman–Crippen MR) is 173 cm³/mol. The van der Waals surface area contributed by atoms with Gasteiger partial charge in [0.25, 0.3) is 11.5 Å². The zero-order valence-electron chi connectivity index (χ0n) is 24.7. The van der Waals surface area contributed by atoms with Gasteiger partial charge in [-0.1, -0.05) is 35.3 Å². The number of benzene rings is 3. The molecule has 3 aromatic carbocycles. The highest BCUT2D eigenvalue weighted by atomic mass is 35.5. The van der Waals surface area contributed by atoms with Crippen LogP contribution in [-0.4, -0.2) is 46.3 Å². The summed E-state index contributed by atoms with van der Waals surface area (Å²) in [4.78, 5) is 41.5. The minimum atomic E-state index is -0.489. The zero-order valence-corrected chi connectivity index (χ0v) is 26.2. The first-order valence-electron chi connectivity index (χ1n) is 15.0. The van der Waals surface area contributed by atoms with Gasteiger partial charge in [-0.3, -0.25) is 14.4 Å². The lowest BCUT2D eigenvalue weighted by atomic mass is 9.97. The molecule has 0 spiro atoms. The Balaban J connectivity index is 1.32. The lowest BCUT2D eigenvalue weighted by molar-refractivity contribution is -0.149. The van der Waals surface area contributed by atoms with Gasteiger partial charge in [0.2, 0.25) is 0 Å². The molecule has 1 aromatic heterocycles. The number of aryl methyl sites for hydroxylation is 2. The van der Waals surface area contributed by atoms with Crippen LogP contribution in [0, 0.1) is 5.92 Å². The van der Waals surface area contributed by atoms with Crippen molar-refractivity contribution in [3.8, 4) is 17.2 Å². The summed E-state index contributed by atoms with van der Waals surface area (Å²) >= 11 is 12.4. The van der Waals surface area contributed by atoms with Gasteiger partial charge < -0.3 is 19.7 Å². The Morgan fingerprint density at radius 2 is 1.84 bits per heavy atom. The maximum absolute atomic E-state index is 14.0. The number of nitrogens with zero attached hydrogens (tertiary/aromatic N) is 3. The molecular weight excluding hydrogens is 615 g/mol. The van der Waals surface area contributed by atoms with Gasteiger partial charge in [-0.15, -0.1) is 0 Å². The van der Waals surface area contributed by atoms with Crippen molar-refractivity contribution in [2.75, 3.05) is 25.0 Å². The molecule has 1 atom stereocenters. The standard InChI is InChI=1S/C34H32Cl2N4O5/c1-2-44-34(43)24-9-5-15-39(20-24)32(41)23-8-4-10-25(16-23)38-31-30(45-27-13-11-21-6-3-7-22(21)17-27)19-37-40(33(31)42)26-12-14-28(35)29(36)18-26/h4,8,10-14,16-19,24,38H,2-3,5-7,9,15,20H2,1H3. The second kappa shape index (κ2) is 13.3. The van der Waals surface area contributed by atoms with E-state index in [0.717, 1.165) is 19.3 Å². The molecule has 1 saturated heterocycles. The largest absolute Gasteiger partial charge is 0.466 e. The average Bonchev–Trinajstić information content (AvgIpc) is 3.52. The molecule has 1 aliphatic heterocycles. The molecule has 0 bridgehead atoms. The summed E-state index contributed by atoms with van der Waals surface area (Å²) in [5.41, 5.74) is 3.52. The number of esters is 1. The van der Waals surface area contributed by atoms with E-state index in [0.29, 0.717) is 60.2 Å². The average molecular weight is 648 g/mol. The van der Waals surface area contributed by atoms with Crippen molar-refractivity contribution in [2.45, 2.75) is 39.0 Å². The first-order chi connectivity index (χ1) is 21.8. The summed E-state index contributed by atoms with van der Waals surface area (Å²) in [6.45, 7) is 2.92.